The van der Waals surface area contributed by atoms with E-state index in [1.54, 1.807) is 0 Å². The second kappa shape index (κ2) is 6.51. The first-order valence-electron chi connectivity index (χ1n) is 6.98. The normalized spacial score (nSPS) is 14.3. The highest BCUT2D eigenvalue weighted by molar-refractivity contribution is 5.43. The molecule has 1 aromatic heterocycles. The maximum Gasteiger partial charge on any atom is 0.243 e. The summed E-state index contributed by atoms with van der Waals surface area (Å²) in [6.07, 6.45) is 3.90. The van der Waals surface area contributed by atoms with Crippen LogP contribution in [0.1, 0.15) is 33.1 Å². The standard InChI is InChI=1S/C12H23N7/c1-3-19(4-2)12-16-10(15-11(17-12)18-13)14-8-7-9-5-6-9/h9H,3-8,13H2,1-2H3,(H2,14,15,16,17,18). The first kappa shape index (κ1) is 13.8. The smallest absolute Gasteiger partial charge is 0.243 e. The van der Waals surface area contributed by atoms with Crippen LogP contribution in [0.5, 0.6) is 0 Å². The van der Waals surface area contributed by atoms with Crippen molar-refractivity contribution < 1.29 is 0 Å². The lowest BCUT2D eigenvalue weighted by atomic mass is 10.3. The molecule has 1 aliphatic rings. The molecule has 1 aromatic rings. The Balaban J connectivity index is 2.04. The summed E-state index contributed by atoms with van der Waals surface area (Å²) in [6.45, 7) is 6.75. The molecule has 1 saturated carbocycles. The number of aromatic nitrogens is 3. The van der Waals surface area contributed by atoms with Crippen LogP contribution in [0, 0.1) is 5.92 Å². The van der Waals surface area contributed by atoms with Crippen molar-refractivity contribution in [3.8, 4) is 0 Å². The Morgan fingerprint density at radius 1 is 1.16 bits per heavy atom. The van der Waals surface area contributed by atoms with Gasteiger partial charge in [0.15, 0.2) is 0 Å². The molecule has 0 amide bonds. The van der Waals surface area contributed by atoms with Gasteiger partial charge in [-0.1, -0.05) is 12.8 Å². The fourth-order valence-electron chi connectivity index (χ4n) is 1.95. The minimum absolute atomic E-state index is 0.394. The molecule has 106 valence electrons. The van der Waals surface area contributed by atoms with Crippen LogP contribution < -0.4 is 21.5 Å². The lowest BCUT2D eigenvalue weighted by Crippen LogP contribution is -2.26. The van der Waals surface area contributed by atoms with E-state index in [0.29, 0.717) is 17.8 Å². The van der Waals surface area contributed by atoms with Gasteiger partial charge in [0.1, 0.15) is 0 Å². The average Bonchev–Trinajstić information content (AvgIpc) is 3.24. The van der Waals surface area contributed by atoms with Gasteiger partial charge in [-0.2, -0.15) is 15.0 Å². The SMILES string of the molecule is CCN(CC)c1nc(NN)nc(NCCC2CC2)n1. The third-order valence-corrected chi connectivity index (χ3v) is 3.33. The molecule has 0 unspecified atom stereocenters. The summed E-state index contributed by atoms with van der Waals surface area (Å²) in [7, 11) is 0. The molecule has 1 fully saturated rings. The van der Waals surface area contributed by atoms with Crippen molar-refractivity contribution >= 4 is 17.8 Å². The van der Waals surface area contributed by atoms with Gasteiger partial charge >= 0.3 is 0 Å². The van der Waals surface area contributed by atoms with Crippen molar-refractivity contribution in [2.75, 3.05) is 35.3 Å². The lowest BCUT2D eigenvalue weighted by Gasteiger charge is -2.19. The first-order chi connectivity index (χ1) is 9.26. The van der Waals surface area contributed by atoms with Crippen molar-refractivity contribution in [2.45, 2.75) is 33.1 Å². The molecule has 0 aromatic carbocycles. The second-order valence-electron chi connectivity index (χ2n) is 4.76. The molecule has 1 aliphatic carbocycles. The highest BCUT2D eigenvalue weighted by Gasteiger charge is 2.20. The molecule has 1 heterocycles. The number of rotatable bonds is 8. The van der Waals surface area contributed by atoms with E-state index in [-0.39, 0.29) is 0 Å². The summed E-state index contributed by atoms with van der Waals surface area (Å²) in [4.78, 5) is 15.0. The molecule has 0 bridgehead atoms. The molecular formula is C12H23N7. The maximum atomic E-state index is 5.41. The lowest BCUT2D eigenvalue weighted by molar-refractivity contribution is 0.752. The van der Waals surface area contributed by atoms with Crippen molar-refractivity contribution in [1.29, 1.82) is 0 Å². The number of nitrogens with one attached hydrogen (secondary N) is 2. The number of nitrogens with zero attached hydrogens (tertiary/aromatic N) is 4. The molecule has 4 N–H and O–H groups in total. The van der Waals surface area contributed by atoms with Crippen LogP contribution in [-0.2, 0) is 0 Å². The third-order valence-electron chi connectivity index (χ3n) is 3.33. The minimum atomic E-state index is 0.394. The molecule has 0 spiro atoms. The number of anilines is 3. The van der Waals surface area contributed by atoms with Gasteiger partial charge in [-0.3, -0.25) is 5.43 Å². The van der Waals surface area contributed by atoms with Crippen LogP contribution in [0.2, 0.25) is 0 Å². The molecular weight excluding hydrogens is 242 g/mol. The maximum absolute atomic E-state index is 5.41. The number of nitrogens with two attached hydrogens (primary N) is 1. The number of hydrazine groups is 1. The van der Waals surface area contributed by atoms with Gasteiger partial charge in [-0.25, -0.2) is 5.84 Å². The molecule has 0 radical (unpaired) electrons. The molecule has 7 heteroatoms. The molecule has 19 heavy (non-hydrogen) atoms. The number of hydrogen-bond donors (Lipinski definition) is 3. The van der Waals surface area contributed by atoms with Crippen LogP contribution in [-0.4, -0.2) is 34.6 Å². The summed E-state index contributed by atoms with van der Waals surface area (Å²) in [5.41, 5.74) is 2.49. The van der Waals surface area contributed by atoms with Crippen molar-refractivity contribution in [2.24, 2.45) is 11.8 Å². The topological polar surface area (TPSA) is 92.0 Å². The third kappa shape index (κ3) is 3.92. The van der Waals surface area contributed by atoms with Crippen LogP contribution in [0.15, 0.2) is 0 Å². The Morgan fingerprint density at radius 2 is 1.84 bits per heavy atom. The Morgan fingerprint density at radius 3 is 2.42 bits per heavy atom. The monoisotopic (exact) mass is 265 g/mol. The van der Waals surface area contributed by atoms with Gasteiger partial charge in [0.05, 0.1) is 0 Å². The van der Waals surface area contributed by atoms with E-state index in [2.05, 4.69) is 44.4 Å². The summed E-state index contributed by atoms with van der Waals surface area (Å²) in [5, 5.41) is 3.25. The largest absolute Gasteiger partial charge is 0.354 e. The van der Waals surface area contributed by atoms with Crippen LogP contribution in [0.4, 0.5) is 17.8 Å². The van der Waals surface area contributed by atoms with E-state index in [4.69, 9.17) is 5.84 Å². The zero-order valence-electron chi connectivity index (χ0n) is 11.7. The van der Waals surface area contributed by atoms with Crippen molar-refractivity contribution in [3.05, 3.63) is 0 Å². The molecule has 0 saturated heterocycles. The van der Waals surface area contributed by atoms with Gasteiger partial charge in [-0.15, -0.1) is 0 Å². The van der Waals surface area contributed by atoms with E-state index in [9.17, 15) is 0 Å². The minimum Gasteiger partial charge on any atom is -0.354 e. The fourth-order valence-corrected chi connectivity index (χ4v) is 1.95. The molecule has 7 nitrogen and oxygen atoms in total. The fraction of sp³-hybridized carbons (Fsp3) is 0.750. The van der Waals surface area contributed by atoms with Gasteiger partial charge in [0.25, 0.3) is 0 Å². The van der Waals surface area contributed by atoms with Crippen molar-refractivity contribution in [1.82, 2.24) is 15.0 Å². The molecule has 0 aliphatic heterocycles. The van der Waals surface area contributed by atoms with E-state index in [0.717, 1.165) is 25.6 Å². The van der Waals surface area contributed by atoms with Gasteiger partial charge < -0.3 is 10.2 Å². The van der Waals surface area contributed by atoms with Crippen LogP contribution >= 0.6 is 0 Å². The van der Waals surface area contributed by atoms with Crippen LogP contribution in [0.3, 0.4) is 0 Å². The predicted molar refractivity (Wildman–Crippen MR) is 77.0 cm³/mol. The summed E-state index contributed by atoms with van der Waals surface area (Å²) < 4.78 is 0. The van der Waals surface area contributed by atoms with Gasteiger partial charge in [0, 0.05) is 19.6 Å². The van der Waals surface area contributed by atoms with E-state index >= 15 is 0 Å². The van der Waals surface area contributed by atoms with E-state index in [1.165, 1.54) is 19.3 Å². The highest BCUT2D eigenvalue weighted by atomic mass is 15.4. The second-order valence-corrected chi connectivity index (χ2v) is 4.76. The highest BCUT2D eigenvalue weighted by Crippen LogP contribution is 2.32. The van der Waals surface area contributed by atoms with Crippen LogP contribution in [0.25, 0.3) is 0 Å². The van der Waals surface area contributed by atoms with Crippen molar-refractivity contribution in [3.63, 3.8) is 0 Å². The summed E-state index contributed by atoms with van der Waals surface area (Å²) in [6, 6.07) is 0. The molecule has 2 rings (SSSR count). The Bertz CT molecular complexity index is 401. The Labute approximate surface area is 114 Å². The zero-order chi connectivity index (χ0) is 13.7. The van der Waals surface area contributed by atoms with Gasteiger partial charge in [-0.05, 0) is 26.2 Å². The predicted octanol–water partition coefficient (Wildman–Crippen LogP) is 1.22. The van der Waals surface area contributed by atoms with Gasteiger partial charge in [0.2, 0.25) is 17.8 Å². The summed E-state index contributed by atoms with van der Waals surface area (Å²) in [5.74, 6) is 7.94. The summed E-state index contributed by atoms with van der Waals surface area (Å²) >= 11 is 0. The molecule has 0 atom stereocenters. The quantitative estimate of drug-likeness (QED) is 0.480. The van der Waals surface area contributed by atoms with E-state index in [1.807, 2.05) is 0 Å². The average molecular weight is 265 g/mol. The Hall–Kier alpha value is -1.63. The number of hydrogen-bond acceptors (Lipinski definition) is 7. The number of nitrogen functional groups attached to an aromatic ring is 1. The zero-order valence-corrected chi connectivity index (χ0v) is 11.7. The first-order valence-corrected chi connectivity index (χ1v) is 6.98. The van der Waals surface area contributed by atoms with E-state index < -0.39 is 0 Å². The Kier molecular flexibility index (Phi) is 4.73.